The minimum atomic E-state index is -5.19. The van der Waals surface area contributed by atoms with Crippen LogP contribution in [0.15, 0.2) is 18.2 Å². The van der Waals surface area contributed by atoms with Crippen LogP contribution in [0.4, 0.5) is 23.2 Å². The van der Waals surface area contributed by atoms with E-state index < -0.39 is 35.0 Å². The van der Waals surface area contributed by atoms with Gasteiger partial charge in [0.25, 0.3) is 5.91 Å². The van der Waals surface area contributed by atoms with Crippen molar-refractivity contribution in [3.8, 4) is 0 Å². The molecule has 0 aliphatic heterocycles. The van der Waals surface area contributed by atoms with E-state index in [0.717, 1.165) is 12.1 Å². The van der Waals surface area contributed by atoms with Gasteiger partial charge in [-0.3, -0.25) is 4.79 Å². The third-order valence-electron chi connectivity index (χ3n) is 2.72. The van der Waals surface area contributed by atoms with Crippen LogP contribution in [0, 0.1) is 5.82 Å². The van der Waals surface area contributed by atoms with Gasteiger partial charge in [0, 0.05) is 5.69 Å². The van der Waals surface area contributed by atoms with E-state index >= 15 is 0 Å². The summed E-state index contributed by atoms with van der Waals surface area (Å²) in [6, 6.07) is 2.61. The molecule has 0 radical (unpaired) electrons. The standard InChI is InChI=1S/C13H13F4NO4/c1-3-22-10(19)8-5-4-7(6-9(8)14)18-11(20)12(2,21)13(15,16)17/h4-6,21H,3H2,1-2H3,(H,18,20)/t12-/m1/s1. The van der Waals surface area contributed by atoms with Crippen molar-refractivity contribution in [2.75, 3.05) is 11.9 Å². The summed E-state index contributed by atoms with van der Waals surface area (Å²) in [6.45, 7) is 1.81. The zero-order chi connectivity index (χ0) is 17.1. The minimum Gasteiger partial charge on any atom is -0.462 e. The van der Waals surface area contributed by atoms with Crippen LogP contribution in [0.1, 0.15) is 24.2 Å². The molecule has 2 N–H and O–H groups in total. The molecule has 0 aliphatic rings. The Hall–Kier alpha value is -2.16. The molecule has 0 bridgehead atoms. The number of ether oxygens (including phenoxy) is 1. The number of hydrogen-bond donors (Lipinski definition) is 2. The van der Waals surface area contributed by atoms with E-state index in [0.29, 0.717) is 6.07 Å². The summed E-state index contributed by atoms with van der Waals surface area (Å²) in [7, 11) is 0. The first-order chi connectivity index (χ1) is 10.0. The molecule has 0 aliphatic carbocycles. The second-order valence-electron chi connectivity index (χ2n) is 4.44. The first-order valence-electron chi connectivity index (χ1n) is 6.08. The zero-order valence-corrected chi connectivity index (χ0v) is 11.6. The highest BCUT2D eigenvalue weighted by Gasteiger charge is 2.55. The first-order valence-corrected chi connectivity index (χ1v) is 6.08. The lowest BCUT2D eigenvalue weighted by atomic mass is 10.1. The van der Waals surface area contributed by atoms with Gasteiger partial charge in [0.05, 0.1) is 12.2 Å². The third-order valence-corrected chi connectivity index (χ3v) is 2.72. The van der Waals surface area contributed by atoms with E-state index in [4.69, 9.17) is 5.11 Å². The topological polar surface area (TPSA) is 75.6 Å². The fraction of sp³-hybridized carbons (Fsp3) is 0.385. The van der Waals surface area contributed by atoms with Crippen LogP contribution < -0.4 is 5.32 Å². The second kappa shape index (κ2) is 6.30. The van der Waals surface area contributed by atoms with Crippen molar-refractivity contribution in [2.24, 2.45) is 0 Å². The molecular weight excluding hydrogens is 310 g/mol. The Balaban J connectivity index is 2.95. The summed E-state index contributed by atoms with van der Waals surface area (Å²) >= 11 is 0. The average molecular weight is 323 g/mol. The fourth-order valence-electron chi connectivity index (χ4n) is 1.35. The van der Waals surface area contributed by atoms with Crippen molar-refractivity contribution in [1.29, 1.82) is 0 Å². The lowest BCUT2D eigenvalue weighted by Crippen LogP contribution is -2.52. The van der Waals surface area contributed by atoms with Gasteiger partial charge in [-0.05, 0) is 32.0 Å². The lowest BCUT2D eigenvalue weighted by molar-refractivity contribution is -0.242. The summed E-state index contributed by atoms with van der Waals surface area (Å²) in [4.78, 5) is 22.8. The molecule has 0 unspecified atom stereocenters. The molecule has 1 aromatic rings. The molecule has 5 nitrogen and oxygen atoms in total. The van der Waals surface area contributed by atoms with E-state index in [9.17, 15) is 27.2 Å². The number of halogens is 4. The van der Waals surface area contributed by atoms with Gasteiger partial charge in [0.1, 0.15) is 5.82 Å². The Kier molecular flexibility index (Phi) is 5.13. The summed E-state index contributed by atoms with van der Waals surface area (Å²) in [5.74, 6) is -3.80. The SMILES string of the molecule is CCOC(=O)c1ccc(NC(=O)[C@@](C)(O)C(F)(F)F)cc1F. The number of nitrogens with one attached hydrogen (secondary N) is 1. The number of benzene rings is 1. The minimum absolute atomic E-state index is 0.0191. The molecule has 1 aromatic carbocycles. The Morgan fingerprint density at radius 1 is 1.32 bits per heavy atom. The number of carbonyl (C=O) groups excluding carboxylic acids is 2. The second-order valence-corrected chi connectivity index (χ2v) is 4.44. The van der Waals surface area contributed by atoms with Crippen molar-refractivity contribution in [3.63, 3.8) is 0 Å². The number of amides is 1. The normalized spacial score (nSPS) is 14.1. The number of anilines is 1. The molecule has 1 rings (SSSR count). The molecular formula is C13H13F4NO4. The summed E-state index contributed by atoms with van der Waals surface area (Å²) < 4.78 is 55.7. The first kappa shape index (κ1) is 17.9. The third kappa shape index (κ3) is 3.73. The van der Waals surface area contributed by atoms with Crippen LogP contribution in [-0.2, 0) is 9.53 Å². The fourth-order valence-corrected chi connectivity index (χ4v) is 1.35. The zero-order valence-electron chi connectivity index (χ0n) is 11.6. The summed E-state index contributed by atoms with van der Waals surface area (Å²) in [5, 5.41) is 10.9. The quantitative estimate of drug-likeness (QED) is 0.658. The molecule has 0 saturated carbocycles. The number of esters is 1. The Morgan fingerprint density at radius 2 is 1.91 bits per heavy atom. The maximum Gasteiger partial charge on any atom is 0.426 e. The molecule has 22 heavy (non-hydrogen) atoms. The van der Waals surface area contributed by atoms with Crippen LogP contribution in [0.5, 0.6) is 0 Å². The van der Waals surface area contributed by atoms with Gasteiger partial charge >= 0.3 is 12.1 Å². The Labute approximate surface area is 122 Å². The van der Waals surface area contributed by atoms with E-state index in [1.165, 1.54) is 6.92 Å². The molecule has 9 heteroatoms. The number of aliphatic hydroxyl groups is 1. The van der Waals surface area contributed by atoms with E-state index in [-0.39, 0.29) is 19.2 Å². The van der Waals surface area contributed by atoms with Crippen LogP contribution in [0.25, 0.3) is 0 Å². The van der Waals surface area contributed by atoms with Crippen LogP contribution >= 0.6 is 0 Å². The molecule has 0 spiro atoms. The highest BCUT2D eigenvalue weighted by Crippen LogP contribution is 2.31. The number of alkyl halides is 3. The van der Waals surface area contributed by atoms with Gasteiger partial charge in [-0.15, -0.1) is 0 Å². The van der Waals surface area contributed by atoms with E-state index in [2.05, 4.69) is 4.74 Å². The molecule has 1 atom stereocenters. The highest BCUT2D eigenvalue weighted by molar-refractivity contribution is 5.98. The van der Waals surface area contributed by atoms with Gasteiger partial charge in [0.15, 0.2) is 0 Å². The van der Waals surface area contributed by atoms with Crippen LogP contribution in [0.3, 0.4) is 0 Å². The van der Waals surface area contributed by atoms with Crippen LogP contribution in [-0.4, -0.2) is 35.4 Å². The van der Waals surface area contributed by atoms with Gasteiger partial charge in [-0.2, -0.15) is 13.2 Å². The molecule has 1 amide bonds. The molecule has 122 valence electrons. The predicted molar refractivity (Wildman–Crippen MR) is 67.7 cm³/mol. The van der Waals surface area contributed by atoms with E-state index in [1.54, 1.807) is 5.32 Å². The number of hydrogen-bond acceptors (Lipinski definition) is 4. The van der Waals surface area contributed by atoms with Crippen molar-refractivity contribution < 1.29 is 37.0 Å². The number of rotatable bonds is 4. The maximum atomic E-state index is 13.7. The van der Waals surface area contributed by atoms with Crippen LogP contribution in [0.2, 0.25) is 0 Å². The lowest BCUT2D eigenvalue weighted by Gasteiger charge is -2.24. The molecule has 0 heterocycles. The smallest absolute Gasteiger partial charge is 0.426 e. The predicted octanol–water partition coefficient (Wildman–Crippen LogP) is 2.25. The van der Waals surface area contributed by atoms with Gasteiger partial charge < -0.3 is 15.2 Å². The van der Waals surface area contributed by atoms with Gasteiger partial charge in [-0.1, -0.05) is 0 Å². The molecule has 0 aromatic heterocycles. The maximum absolute atomic E-state index is 13.7. The monoisotopic (exact) mass is 323 g/mol. The molecule has 0 fully saturated rings. The van der Waals surface area contributed by atoms with Crippen molar-refractivity contribution >= 4 is 17.6 Å². The van der Waals surface area contributed by atoms with E-state index in [1.807, 2.05) is 0 Å². The average Bonchev–Trinajstić information content (AvgIpc) is 2.37. The largest absolute Gasteiger partial charge is 0.462 e. The summed E-state index contributed by atoms with van der Waals surface area (Å²) in [5.41, 5.74) is -4.41. The van der Waals surface area contributed by atoms with Gasteiger partial charge in [-0.25, -0.2) is 9.18 Å². The van der Waals surface area contributed by atoms with Crippen molar-refractivity contribution in [3.05, 3.63) is 29.6 Å². The summed E-state index contributed by atoms with van der Waals surface area (Å²) in [6.07, 6.45) is -5.19. The van der Waals surface area contributed by atoms with Gasteiger partial charge in [0.2, 0.25) is 5.60 Å². The Morgan fingerprint density at radius 3 is 2.36 bits per heavy atom. The Bertz CT molecular complexity index is 584. The number of carbonyl (C=O) groups is 2. The van der Waals surface area contributed by atoms with Crippen molar-refractivity contribution in [1.82, 2.24) is 0 Å². The highest BCUT2D eigenvalue weighted by atomic mass is 19.4. The molecule has 0 saturated heterocycles. The van der Waals surface area contributed by atoms with Crippen molar-refractivity contribution in [2.45, 2.75) is 25.6 Å².